The second-order valence-electron chi connectivity index (χ2n) is 7.82. The first-order chi connectivity index (χ1) is 12.5. The number of carbonyl (C=O) groups excluding carboxylic acids is 1. The lowest BCUT2D eigenvalue weighted by Gasteiger charge is -2.35. The van der Waals surface area contributed by atoms with E-state index in [4.69, 9.17) is 4.74 Å². The highest BCUT2D eigenvalue weighted by molar-refractivity contribution is 5.85. The van der Waals surface area contributed by atoms with Crippen LogP contribution in [0.2, 0.25) is 0 Å². The quantitative estimate of drug-likeness (QED) is 0.866. The van der Waals surface area contributed by atoms with Gasteiger partial charge in [0.05, 0.1) is 12.1 Å². The van der Waals surface area contributed by atoms with Gasteiger partial charge in [-0.25, -0.2) is 9.97 Å². The van der Waals surface area contributed by atoms with Crippen molar-refractivity contribution in [2.45, 2.75) is 57.7 Å². The molecule has 7 nitrogen and oxygen atoms in total. The first-order valence-electron chi connectivity index (χ1n) is 9.65. The Labute approximate surface area is 156 Å². The van der Waals surface area contributed by atoms with Gasteiger partial charge in [0, 0.05) is 33.3 Å². The normalized spacial score (nSPS) is 26.2. The van der Waals surface area contributed by atoms with E-state index in [-0.39, 0.29) is 24.1 Å². The Bertz CT molecular complexity index is 622. The van der Waals surface area contributed by atoms with E-state index in [1.807, 2.05) is 6.07 Å². The number of hydrogen-bond donors (Lipinski definition) is 1. The minimum absolute atomic E-state index is 0.130. The number of likely N-dealkylation sites (N-methyl/N-ethyl adjacent to an activating group) is 1. The van der Waals surface area contributed by atoms with E-state index < -0.39 is 0 Å². The molecule has 0 spiro atoms. The van der Waals surface area contributed by atoms with E-state index in [0.717, 1.165) is 50.5 Å². The predicted molar refractivity (Wildman–Crippen MR) is 102 cm³/mol. The predicted octanol–water partition coefficient (Wildman–Crippen LogP) is 2.15. The molecule has 3 atom stereocenters. The highest BCUT2D eigenvalue weighted by Crippen LogP contribution is 2.28. The van der Waals surface area contributed by atoms with Crippen LogP contribution in [0.25, 0.3) is 0 Å². The lowest BCUT2D eigenvalue weighted by Crippen LogP contribution is -2.44. The number of nitrogens with one attached hydrogen (secondary N) is 1. The lowest BCUT2D eigenvalue weighted by molar-refractivity contribution is -0.129. The summed E-state index contributed by atoms with van der Waals surface area (Å²) in [5.41, 5.74) is 0. The van der Waals surface area contributed by atoms with Crippen LogP contribution in [0, 0.1) is 5.92 Å². The fourth-order valence-electron chi connectivity index (χ4n) is 3.98. The molecule has 144 valence electrons. The molecule has 3 rings (SSSR count). The Morgan fingerprint density at radius 1 is 1.31 bits per heavy atom. The first kappa shape index (κ1) is 18.9. The van der Waals surface area contributed by atoms with Gasteiger partial charge in [-0.2, -0.15) is 0 Å². The van der Waals surface area contributed by atoms with E-state index >= 15 is 0 Å². The van der Waals surface area contributed by atoms with Crippen LogP contribution in [0.4, 0.5) is 11.6 Å². The van der Waals surface area contributed by atoms with Crippen molar-refractivity contribution in [2.24, 2.45) is 5.92 Å². The number of carbonyl (C=O) groups is 1. The van der Waals surface area contributed by atoms with Gasteiger partial charge < -0.3 is 19.9 Å². The molecule has 3 unspecified atom stereocenters. The van der Waals surface area contributed by atoms with Crippen molar-refractivity contribution in [3.05, 3.63) is 12.4 Å². The van der Waals surface area contributed by atoms with Crippen molar-refractivity contribution in [2.75, 3.05) is 37.5 Å². The summed E-state index contributed by atoms with van der Waals surface area (Å²) in [5, 5.41) is 3.54. The largest absolute Gasteiger partial charge is 0.376 e. The first-order valence-corrected chi connectivity index (χ1v) is 9.65. The molecule has 26 heavy (non-hydrogen) atoms. The Balaban J connectivity index is 1.74. The van der Waals surface area contributed by atoms with Gasteiger partial charge >= 0.3 is 0 Å². The highest BCUT2D eigenvalue weighted by atomic mass is 16.5. The van der Waals surface area contributed by atoms with Gasteiger partial charge in [0.25, 0.3) is 0 Å². The van der Waals surface area contributed by atoms with Gasteiger partial charge in [-0.1, -0.05) is 13.8 Å². The Hall–Kier alpha value is -1.89. The third-order valence-corrected chi connectivity index (χ3v) is 5.28. The average molecular weight is 361 g/mol. The SMILES string of the molecule is CC(C)C1OCCCC1Nc1cc(N2CCCC2C(=O)N(C)C)ncn1. The third-order valence-electron chi connectivity index (χ3n) is 5.28. The topological polar surface area (TPSA) is 70.6 Å². The Morgan fingerprint density at radius 3 is 2.85 bits per heavy atom. The van der Waals surface area contributed by atoms with Crippen LogP contribution in [0.5, 0.6) is 0 Å². The number of rotatable bonds is 5. The van der Waals surface area contributed by atoms with Crippen molar-refractivity contribution in [1.29, 1.82) is 0 Å². The highest BCUT2D eigenvalue weighted by Gasteiger charge is 2.33. The molecule has 3 heterocycles. The fraction of sp³-hybridized carbons (Fsp3) is 0.737. The standard InChI is InChI=1S/C19H31N5O2/c1-13(2)18-14(7-6-10-26-18)22-16-11-17(21-12-20-16)24-9-5-8-15(24)19(25)23(3)4/h11-15,18H,5-10H2,1-4H3,(H,20,21,22). The van der Waals surface area contributed by atoms with Crippen molar-refractivity contribution in [1.82, 2.24) is 14.9 Å². The summed E-state index contributed by atoms with van der Waals surface area (Å²) < 4.78 is 5.96. The maximum atomic E-state index is 12.5. The molecule has 0 saturated carbocycles. The molecule has 2 aliphatic rings. The zero-order chi connectivity index (χ0) is 18.7. The maximum Gasteiger partial charge on any atom is 0.244 e. The van der Waals surface area contributed by atoms with Crippen molar-refractivity contribution >= 4 is 17.5 Å². The molecule has 2 saturated heterocycles. The smallest absolute Gasteiger partial charge is 0.244 e. The number of hydrogen-bond acceptors (Lipinski definition) is 6. The van der Waals surface area contributed by atoms with Crippen LogP contribution >= 0.6 is 0 Å². The number of nitrogens with zero attached hydrogens (tertiary/aromatic N) is 4. The van der Waals surface area contributed by atoms with E-state index in [2.05, 4.69) is 34.0 Å². The monoisotopic (exact) mass is 361 g/mol. The molecule has 7 heteroatoms. The Kier molecular flexibility index (Phi) is 5.96. The summed E-state index contributed by atoms with van der Waals surface area (Å²) in [6, 6.07) is 2.09. The molecule has 0 aromatic carbocycles. The van der Waals surface area contributed by atoms with Gasteiger partial charge in [0.1, 0.15) is 24.0 Å². The Morgan fingerprint density at radius 2 is 2.12 bits per heavy atom. The molecule has 1 amide bonds. The van der Waals surface area contributed by atoms with Crippen molar-refractivity contribution in [3.8, 4) is 0 Å². The van der Waals surface area contributed by atoms with Gasteiger partial charge in [-0.05, 0) is 31.6 Å². The van der Waals surface area contributed by atoms with E-state index in [1.54, 1.807) is 25.3 Å². The van der Waals surface area contributed by atoms with Crippen LogP contribution in [-0.2, 0) is 9.53 Å². The number of ether oxygens (including phenoxy) is 1. The molecule has 1 N–H and O–H groups in total. The minimum atomic E-state index is -0.130. The van der Waals surface area contributed by atoms with Gasteiger partial charge in [-0.3, -0.25) is 4.79 Å². The second-order valence-corrected chi connectivity index (χ2v) is 7.82. The molecule has 2 fully saturated rings. The van der Waals surface area contributed by atoms with Crippen LogP contribution < -0.4 is 10.2 Å². The van der Waals surface area contributed by atoms with Gasteiger partial charge in [0.2, 0.25) is 5.91 Å². The van der Waals surface area contributed by atoms with Crippen molar-refractivity contribution in [3.63, 3.8) is 0 Å². The maximum absolute atomic E-state index is 12.5. The van der Waals surface area contributed by atoms with Gasteiger partial charge in [-0.15, -0.1) is 0 Å². The molecular formula is C19H31N5O2. The molecule has 2 aliphatic heterocycles. The lowest BCUT2D eigenvalue weighted by atomic mass is 9.94. The summed E-state index contributed by atoms with van der Waals surface area (Å²) in [5.74, 6) is 2.21. The molecule has 0 aliphatic carbocycles. The van der Waals surface area contributed by atoms with Crippen LogP contribution in [0.1, 0.15) is 39.5 Å². The molecule has 0 bridgehead atoms. The molecular weight excluding hydrogens is 330 g/mol. The third kappa shape index (κ3) is 4.09. The molecule has 1 aromatic rings. The average Bonchev–Trinajstić information content (AvgIpc) is 3.11. The van der Waals surface area contributed by atoms with Gasteiger partial charge in [0.15, 0.2) is 0 Å². The fourth-order valence-corrected chi connectivity index (χ4v) is 3.98. The van der Waals surface area contributed by atoms with E-state index in [9.17, 15) is 4.79 Å². The van der Waals surface area contributed by atoms with Crippen molar-refractivity contribution < 1.29 is 9.53 Å². The second kappa shape index (κ2) is 8.20. The number of amides is 1. The van der Waals surface area contributed by atoms with E-state index in [1.165, 1.54) is 0 Å². The number of anilines is 2. The molecule has 0 radical (unpaired) electrons. The van der Waals surface area contributed by atoms with E-state index in [0.29, 0.717) is 5.92 Å². The summed E-state index contributed by atoms with van der Waals surface area (Å²) in [6.45, 7) is 6.07. The summed E-state index contributed by atoms with van der Waals surface area (Å²) in [6.07, 6.45) is 5.79. The number of aromatic nitrogens is 2. The summed E-state index contributed by atoms with van der Waals surface area (Å²) >= 11 is 0. The van der Waals surface area contributed by atoms with Crippen LogP contribution in [0.3, 0.4) is 0 Å². The van der Waals surface area contributed by atoms with Crippen LogP contribution in [0.15, 0.2) is 12.4 Å². The zero-order valence-corrected chi connectivity index (χ0v) is 16.3. The molecule has 1 aromatic heterocycles. The summed E-state index contributed by atoms with van der Waals surface area (Å²) in [7, 11) is 3.61. The van der Waals surface area contributed by atoms with Crippen LogP contribution in [-0.4, -0.2) is 66.2 Å². The minimum Gasteiger partial charge on any atom is -0.376 e. The summed E-state index contributed by atoms with van der Waals surface area (Å²) in [4.78, 5) is 25.1. The zero-order valence-electron chi connectivity index (χ0n) is 16.3.